The smallest absolute Gasteiger partial charge is 0.185 e. The van der Waals surface area contributed by atoms with Crippen LogP contribution in [0.2, 0.25) is 0 Å². The van der Waals surface area contributed by atoms with Crippen molar-refractivity contribution in [3.8, 4) is 0 Å². The molecule has 1 heterocycles. The van der Waals surface area contributed by atoms with Crippen LogP contribution in [-0.2, 0) is 0 Å². The molecule has 21 heavy (non-hydrogen) atoms. The summed E-state index contributed by atoms with van der Waals surface area (Å²) < 4.78 is 0. The summed E-state index contributed by atoms with van der Waals surface area (Å²) in [6.45, 7) is 0. The van der Waals surface area contributed by atoms with Crippen LogP contribution >= 0.6 is 0 Å². The van der Waals surface area contributed by atoms with Crippen molar-refractivity contribution >= 4 is 16.6 Å². The van der Waals surface area contributed by atoms with E-state index in [1.54, 1.807) is 6.20 Å². The zero-order chi connectivity index (χ0) is 14.9. The Labute approximate surface area is 126 Å². The number of carbonyl (C=O) groups is 1. The molecule has 1 saturated carbocycles. The largest absolute Gasteiger partial charge is 0.297 e. The fourth-order valence-corrected chi connectivity index (χ4v) is 3.56. The molecule has 3 rings (SSSR count). The van der Waals surface area contributed by atoms with E-state index in [9.17, 15) is 4.79 Å². The van der Waals surface area contributed by atoms with E-state index in [2.05, 4.69) is 9.88 Å². The summed E-state index contributed by atoms with van der Waals surface area (Å²) in [5.41, 5.74) is 0.410. The van der Waals surface area contributed by atoms with Crippen LogP contribution in [0.4, 0.5) is 0 Å². The van der Waals surface area contributed by atoms with Gasteiger partial charge >= 0.3 is 0 Å². The third-order valence-electron chi connectivity index (χ3n) is 4.87. The standard InChI is InChI=1S/C18H22N2O/c1-20(2)18(10-6-3-7-11-18)17(21)16-13-19-12-14-8-4-5-9-15(14)16/h4-5,8-9,12-13H,3,6-7,10-11H2,1-2H3. The van der Waals surface area contributed by atoms with Crippen molar-refractivity contribution in [3.63, 3.8) is 0 Å². The van der Waals surface area contributed by atoms with Crippen molar-refractivity contribution in [3.05, 3.63) is 42.2 Å². The maximum Gasteiger partial charge on any atom is 0.185 e. The first kappa shape index (κ1) is 14.2. The predicted octanol–water partition coefficient (Wildman–Crippen LogP) is 3.68. The zero-order valence-corrected chi connectivity index (χ0v) is 12.8. The van der Waals surface area contributed by atoms with Gasteiger partial charge in [-0.25, -0.2) is 0 Å². The lowest BCUT2D eigenvalue weighted by atomic mass is 9.75. The van der Waals surface area contributed by atoms with Crippen LogP contribution in [0.15, 0.2) is 36.7 Å². The molecule has 0 atom stereocenters. The first-order valence-electron chi connectivity index (χ1n) is 7.70. The normalized spacial score (nSPS) is 18.0. The number of nitrogens with zero attached hydrogens (tertiary/aromatic N) is 2. The molecular weight excluding hydrogens is 260 g/mol. The van der Waals surface area contributed by atoms with Crippen molar-refractivity contribution < 1.29 is 4.79 Å². The Hall–Kier alpha value is -1.74. The van der Waals surface area contributed by atoms with Crippen molar-refractivity contribution in [2.45, 2.75) is 37.6 Å². The van der Waals surface area contributed by atoms with Crippen molar-refractivity contribution in [2.24, 2.45) is 0 Å². The number of fused-ring (bicyclic) bond motifs is 1. The summed E-state index contributed by atoms with van der Waals surface area (Å²) in [5, 5.41) is 2.05. The second kappa shape index (κ2) is 5.57. The van der Waals surface area contributed by atoms with Gasteiger partial charge in [-0.2, -0.15) is 0 Å². The number of Topliss-reactive ketones (excluding diaryl/α,β-unsaturated/α-hetero) is 1. The molecule has 0 spiro atoms. The highest BCUT2D eigenvalue weighted by atomic mass is 16.1. The molecule has 3 heteroatoms. The minimum Gasteiger partial charge on any atom is -0.297 e. The van der Waals surface area contributed by atoms with E-state index >= 15 is 0 Å². The van der Waals surface area contributed by atoms with Gasteiger partial charge in [0.2, 0.25) is 0 Å². The highest BCUT2D eigenvalue weighted by Crippen LogP contribution is 2.36. The van der Waals surface area contributed by atoms with Gasteiger partial charge < -0.3 is 0 Å². The van der Waals surface area contributed by atoms with Gasteiger partial charge in [0.1, 0.15) is 0 Å². The molecule has 1 aliphatic rings. The molecule has 0 N–H and O–H groups in total. The Morgan fingerprint density at radius 2 is 1.81 bits per heavy atom. The second-order valence-corrected chi connectivity index (χ2v) is 6.22. The molecular formula is C18H22N2O. The third kappa shape index (κ3) is 2.36. The van der Waals surface area contributed by atoms with Crippen LogP contribution in [0.5, 0.6) is 0 Å². The van der Waals surface area contributed by atoms with Gasteiger partial charge in [0.05, 0.1) is 5.54 Å². The number of hydrogen-bond donors (Lipinski definition) is 0. The SMILES string of the molecule is CN(C)C1(C(=O)c2cncc3ccccc23)CCCCC1. The fraction of sp³-hybridized carbons (Fsp3) is 0.444. The maximum atomic E-state index is 13.3. The van der Waals surface area contributed by atoms with Crippen LogP contribution in [-0.4, -0.2) is 35.3 Å². The molecule has 0 aliphatic heterocycles. The van der Waals surface area contributed by atoms with E-state index in [4.69, 9.17) is 0 Å². The Morgan fingerprint density at radius 1 is 1.10 bits per heavy atom. The summed E-state index contributed by atoms with van der Waals surface area (Å²) in [5.74, 6) is 0.233. The highest BCUT2D eigenvalue weighted by Gasteiger charge is 2.42. The first-order chi connectivity index (χ1) is 10.1. The summed E-state index contributed by atoms with van der Waals surface area (Å²) in [4.78, 5) is 19.7. The summed E-state index contributed by atoms with van der Waals surface area (Å²) in [7, 11) is 4.06. The molecule has 0 saturated heterocycles. The van der Waals surface area contributed by atoms with Gasteiger partial charge in [0.25, 0.3) is 0 Å². The number of carbonyl (C=O) groups excluding carboxylic acids is 1. The quantitative estimate of drug-likeness (QED) is 0.805. The molecule has 3 nitrogen and oxygen atoms in total. The minimum atomic E-state index is -0.357. The Balaban J connectivity index is 2.10. The molecule has 0 radical (unpaired) electrons. The van der Waals surface area contributed by atoms with E-state index in [1.807, 2.05) is 44.6 Å². The first-order valence-corrected chi connectivity index (χ1v) is 7.70. The Morgan fingerprint density at radius 3 is 2.52 bits per heavy atom. The molecule has 1 fully saturated rings. The average Bonchev–Trinajstić information content (AvgIpc) is 2.54. The number of likely N-dealkylation sites (N-methyl/N-ethyl adjacent to an activating group) is 1. The van der Waals surface area contributed by atoms with E-state index in [0.29, 0.717) is 0 Å². The molecule has 1 aromatic carbocycles. The van der Waals surface area contributed by atoms with Crippen LogP contribution in [0.3, 0.4) is 0 Å². The van der Waals surface area contributed by atoms with Gasteiger partial charge in [-0.05, 0) is 32.3 Å². The molecule has 0 unspecified atom stereocenters. The number of hydrogen-bond acceptors (Lipinski definition) is 3. The Bertz CT molecular complexity index is 652. The van der Waals surface area contributed by atoms with E-state index in [0.717, 1.165) is 42.0 Å². The number of rotatable bonds is 3. The molecule has 0 amide bonds. The molecule has 110 valence electrons. The van der Waals surface area contributed by atoms with Crippen LogP contribution < -0.4 is 0 Å². The van der Waals surface area contributed by atoms with E-state index in [1.165, 1.54) is 6.42 Å². The number of benzene rings is 1. The number of pyridine rings is 1. The van der Waals surface area contributed by atoms with Gasteiger partial charge in [-0.1, -0.05) is 43.5 Å². The highest BCUT2D eigenvalue weighted by molar-refractivity contribution is 6.12. The van der Waals surface area contributed by atoms with Crippen molar-refractivity contribution in [2.75, 3.05) is 14.1 Å². The number of aromatic nitrogens is 1. The summed E-state index contributed by atoms with van der Waals surface area (Å²) in [6, 6.07) is 8.02. The van der Waals surface area contributed by atoms with Crippen LogP contribution in [0.1, 0.15) is 42.5 Å². The van der Waals surface area contributed by atoms with E-state index in [-0.39, 0.29) is 11.3 Å². The van der Waals surface area contributed by atoms with Gasteiger partial charge in [0, 0.05) is 23.3 Å². The molecule has 1 aromatic heterocycles. The minimum absolute atomic E-state index is 0.233. The summed E-state index contributed by atoms with van der Waals surface area (Å²) in [6.07, 6.45) is 8.95. The maximum absolute atomic E-state index is 13.3. The predicted molar refractivity (Wildman–Crippen MR) is 85.6 cm³/mol. The van der Waals surface area contributed by atoms with Crippen molar-refractivity contribution in [1.82, 2.24) is 9.88 Å². The van der Waals surface area contributed by atoms with Gasteiger partial charge in [-0.15, -0.1) is 0 Å². The monoisotopic (exact) mass is 282 g/mol. The van der Waals surface area contributed by atoms with Crippen LogP contribution in [0, 0.1) is 0 Å². The second-order valence-electron chi connectivity index (χ2n) is 6.22. The number of ketones is 1. The lowest BCUT2D eigenvalue weighted by molar-refractivity contribution is 0.0565. The average molecular weight is 282 g/mol. The fourth-order valence-electron chi connectivity index (χ4n) is 3.56. The van der Waals surface area contributed by atoms with E-state index < -0.39 is 0 Å². The molecule has 0 bridgehead atoms. The lowest BCUT2D eigenvalue weighted by Crippen LogP contribution is -2.52. The molecule has 1 aliphatic carbocycles. The van der Waals surface area contributed by atoms with Crippen LogP contribution in [0.25, 0.3) is 10.8 Å². The zero-order valence-electron chi connectivity index (χ0n) is 12.8. The lowest BCUT2D eigenvalue weighted by Gasteiger charge is -2.41. The summed E-state index contributed by atoms with van der Waals surface area (Å²) >= 11 is 0. The van der Waals surface area contributed by atoms with Gasteiger partial charge in [-0.3, -0.25) is 14.7 Å². The van der Waals surface area contributed by atoms with Gasteiger partial charge in [0.15, 0.2) is 5.78 Å². The Kier molecular flexibility index (Phi) is 3.77. The molecule has 2 aromatic rings. The third-order valence-corrected chi connectivity index (χ3v) is 4.87. The topological polar surface area (TPSA) is 33.2 Å². The van der Waals surface area contributed by atoms with Crippen molar-refractivity contribution in [1.29, 1.82) is 0 Å².